The Morgan fingerprint density at radius 1 is 1.19 bits per heavy atom. The first-order valence-corrected chi connectivity index (χ1v) is 9.89. The molecule has 0 fully saturated rings. The number of para-hydroxylation sites is 1. The minimum absolute atomic E-state index is 0.305. The summed E-state index contributed by atoms with van der Waals surface area (Å²) in [6.45, 7) is 2.39. The van der Waals surface area contributed by atoms with Gasteiger partial charge in [-0.2, -0.15) is 0 Å². The van der Waals surface area contributed by atoms with E-state index in [-0.39, 0.29) is 0 Å². The zero-order valence-electron chi connectivity index (χ0n) is 16.9. The number of halogens is 1. The second-order valence-corrected chi connectivity index (χ2v) is 7.29. The van der Waals surface area contributed by atoms with E-state index in [0.717, 1.165) is 22.3 Å². The molecule has 0 aliphatic heterocycles. The number of aldehydes is 1. The van der Waals surface area contributed by atoms with Crippen molar-refractivity contribution in [1.29, 1.82) is 0 Å². The highest BCUT2D eigenvalue weighted by atomic mass is 35.5. The number of pyridine rings is 2. The second-order valence-electron chi connectivity index (χ2n) is 6.85. The molecule has 3 aromatic heterocycles. The van der Waals surface area contributed by atoms with Crippen LogP contribution in [0.15, 0.2) is 60.9 Å². The Bertz CT molecular complexity index is 1270. The number of carbonyl (C=O) groups is 2. The van der Waals surface area contributed by atoms with Gasteiger partial charge in [-0.05, 0) is 31.2 Å². The molecule has 156 valence electrons. The van der Waals surface area contributed by atoms with E-state index in [9.17, 15) is 9.59 Å². The molecule has 0 saturated heterocycles. The van der Waals surface area contributed by atoms with Gasteiger partial charge in [0, 0.05) is 29.5 Å². The Labute approximate surface area is 183 Å². The number of anilines is 2. The summed E-state index contributed by atoms with van der Waals surface area (Å²) in [7, 11) is 1.49. The maximum atomic E-state index is 12.8. The first-order chi connectivity index (χ1) is 15.0. The van der Waals surface area contributed by atoms with Gasteiger partial charge in [0.2, 0.25) is 12.2 Å². The van der Waals surface area contributed by atoms with Crippen LogP contribution in [-0.4, -0.2) is 33.8 Å². The fourth-order valence-corrected chi connectivity index (χ4v) is 3.74. The number of rotatable bonds is 6. The number of methoxy groups -OCH3 is 1. The molecule has 31 heavy (non-hydrogen) atoms. The van der Waals surface area contributed by atoms with Crippen LogP contribution in [0.4, 0.5) is 11.4 Å². The lowest BCUT2D eigenvalue weighted by Gasteiger charge is -2.21. The van der Waals surface area contributed by atoms with Crippen molar-refractivity contribution in [2.75, 3.05) is 12.0 Å². The first-order valence-electron chi connectivity index (χ1n) is 9.51. The number of hydrogen-bond acceptors (Lipinski definition) is 5. The van der Waals surface area contributed by atoms with Gasteiger partial charge in [0.1, 0.15) is 0 Å². The maximum Gasteiger partial charge on any atom is 0.295 e. The van der Waals surface area contributed by atoms with Crippen LogP contribution in [0.25, 0.3) is 10.9 Å². The summed E-state index contributed by atoms with van der Waals surface area (Å²) < 4.78 is 7.26. The minimum atomic E-state index is -0.691. The van der Waals surface area contributed by atoms with E-state index in [1.165, 1.54) is 18.2 Å². The number of aromatic nitrogens is 3. The fourth-order valence-electron chi connectivity index (χ4n) is 3.63. The van der Waals surface area contributed by atoms with Gasteiger partial charge in [-0.3, -0.25) is 19.5 Å². The summed E-state index contributed by atoms with van der Waals surface area (Å²) in [6.07, 6.45) is 3.44. The zero-order valence-corrected chi connectivity index (χ0v) is 17.7. The molecule has 0 N–H and O–H groups in total. The van der Waals surface area contributed by atoms with Gasteiger partial charge < -0.3 is 9.30 Å². The molecule has 4 aromatic rings. The molecule has 0 aliphatic carbocycles. The molecule has 1 amide bonds. The molecule has 7 nitrogen and oxygen atoms in total. The van der Waals surface area contributed by atoms with Gasteiger partial charge in [0.25, 0.3) is 5.91 Å². The fraction of sp³-hybridized carbons (Fsp3) is 0.130. The third-order valence-electron chi connectivity index (χ3n) is 5.04. The molecule has 0 saturated carbocycles. The quantitative estimate of drug-likeness (QED) is 0.334. The van der Waals surface area contributed by atoms with Crippen molar-refractivity contribution >= 4 is 46.1 Å². The van der Waals surface area contributed by atoms with Crippen molar-refractivity contribution in [1.82, 2.24) is 14.5 Å². The van der Waals surface area contributed by atoms with Crippen LogP contribution in [0.5, 0.6) is 5.88 Å². The Balaban J connectivity index is 1.92. The summed E-state index contributed by atoms with van der Waals surface area (Å²) in [5.41, 5.74) is 3.65. The first kappa shape index (κ1) is 20.6. The van der Waals surface area contributed by atoms with Crippen LogP contribution < -0.4 is 9.64 Å². The predicted molar refractivity (Wildman–Crippen MR) is 119 cm³/mol. The number of amides is 1. The summed E-state index contributed by atoms with van der Waals surface area (Å²) in [5.74, 6) is -0.350. The zero-order chi connectivity index (χ0) is 22.0. The van der Waals surface area contributed by atoms with E-state index in [1.54, 1.807) is 24.4 Å². The molecule has 3 heterocycles. The molecular weight excluding hydrogens is 416 g/mol. The van der Waals surface area contributed by atoms with E-state index in [1.807, 2.05) is 37.3 Å². The standard InChI is InChI=1S/C23H19ClN4O3/c1-15-23(28(22(30)14-29)18-9-10-25-21(11-18)31-2)19-5-3-4-6-20(19)27(15)13-17-8-7-16(24)12-26-17/h3-12,14H,13H2,1-2H3. The normalized spacial score (nSPS) is 10.8. The van der Waals surface area contributed by atoms with Gasteiger partial charge in [-0.15, -0.1) is 0 Å². The monoisotopic (exact) mass is 434 g/mol. The van der Waals surface area contributed by atoms with Gasteiger partial charge in [0.15, 0.2) is 0 Å². The van der Waals surface area contributed by atoms with Gasteiger partial charge >= 0.3 is 0 Å². The van der Waals surface area contributed by atoms with Crippen molar-refractivity contribution in [2.45, 2.75) is 13.5 Å². The van der Waals surface area contributed by atoms with Crippen molar-refractivity contribution in [3.8, 4) is 5.88 Å². The Morgan fingerprint density at radius 3 is 2.71 bits per heavy atom. The summed E-state index contributed by atoms with van der Waals surface area (Å²) in [6, 6.07) is 14.6. The molecule has 0 atom stereocenters. The summed E-state index contributed by atoms with van der Waals surface area (Å²) in [5, 5.41) is 1.40. The molecule has 0 aliphatic rings. The van der Waals surface area contributed by atoms with Crippen molar-refractivity contribution in [3.63, 3.8) is 0 Å². The predicted octanol–water partition coefficient (Wildman–Crippen LogP) is 4.31. The second kappa shape index (κ2) is 8.57. The van der Waals surface area contributed by atoms with E-state index in [0.29, 0.717) is 35.1 Å². The number of hydrogen-bond donors (Lipinski definition) is 0. The average Bonchev–Trinajstić information content (AvgIpc) is 3.07. The SMILES string of the molecule is COc1cc(N(C(=O)C=O)c2c(C)n(Cc3ccc(Cl)cn3)c3ccccc23)ccn1. The Hall–Kier alpha value is -3.71. The number of ether oxygens (including phenoxy) is 1. The van der Waals surface area contributed by atoms with Crippen LogP contribution >= 0.6 is 11.6 Å². The number of carbonyl (C=O) groups excluding carboxylic acids is 2. The lowest BCUT2D eigenvalue weighted by Crippen LogP contribution is -2.27. The lowest BCUT2D eigenvalue weighted by atomic mass is 10.2. The molecule has 0 radical (unpaired) electrons. The highest BCUT2D eigenvalue weighted by molar-refractivity contribution is 6.34. The summed E-state index contributed by atoms with van der Waals surface area (Å²) in [4.78, 5) is 34.2. The lowest BCUT2D eigenvalue weighted by molar-refractivity contribution is -0.129. The summed E-state index contributed by atoms with van der Waals surface area (Å²) >= 11 is 5.97. The molecule has 4 rings (SSSR count). The number of nitrogens with zero attached hydrogens (tertiary/aromatic N) is 4. The maximum absolute atomic E-state index is 12.8. The third-order valence-corrected chi connectivity index (χ3v) is 5.26. The van der Waals surface area contributed by atoms with E-state index in [4.69, 9.17) is 16.3 Å². The van der Waals surface area contributed by atoms with Crippen molar-refractivity contribution in [3.05, 3.63) is 77.3 Å². The van der Waals surface area contributed by atoms with Crippen LogP contribution in [0, 0.1) is 6.92 Å². The number of fused-ring (bicyclic) bond motifs is 1. The van der Waals surface area contributed by atoms with Gasteiger partial charge in [-0.1, -0.05) is 29.8 Å². The molecule has 8 heteroatoms. The number of benzene rings is 1. The molecule has 0 unspecified atom stereocenters. The van der Waals surface area contributed by atoms with Crippen molar-refractivity contribution in [2.24, 2.45) is 0 Å². The van der Waals surface area contributed by atoms with E-state index in [2.05, 4.69) is 14.5 Å². The Kier molecular flexibility index (Phi) is 5.68. The Morgan fingerprint density at radius 2 is 2.00 bits per heavy atom. The molecule has 0 spiro atoms. The van der Waals surface area contributed by atoms with Crippen LogP contribution in [0.1, 0.15) is 11.4 Å². The molecule has 0 bridgehead atoms. The van der Waals surface area contributed by atoms with Crippen molar-refractivity contribution < 1.29 is 14.3 Å². The highest BCUT2D eigenvalue weighted by Crippen LogP contribution is 2.38. The molecule has 1 aromatic carbocycles. The highest BCUT2D eigenvalue weighted by Gasteiger charge is 2.26. The van der Waals surface area contributed by atoms with Crippen LogP contribution in [0.3, 0.4) is 0 Å². The van der Waals surface area contributed by atoms with Gasteiger partial charge in [-0.25, -0.2) is 4.98 Å². The van der Waals surface area contributed by atoms with Gasteiger partial charge in [0.05, 0.1) is 41.3 Å². The van der Waals surface area contributed by atoms with Crippen LogP contribution in [0.2, 0.25) is 5.02 Å². The van der Waals surface area contributed by atoms with Crippen LogP contribution in [-0.2, 0) is 16.1 Å². The van der Waals surface area contributed by atoms with E-state index >= 15 is 0 Å². The smallest absolute Gasteiger partial charge is 0.295 e. The third kappa shape index (κ3) is 3.87. The largest absolute Gasteiger partial charge is 0.481 e. The molecular formula is C23H19ClN4O3. The topological polar surface area (TPSA) is 77.3 Å². The minimum Gasteiger partial charge on any atom is -0.481 e. The van der Waals surface area contributed by atoms with E-state index < -0.39 is 5.91 Å². The average molecular weight is 435 g/mol.